The van der Waals surface area contributed by atoms with E-state index >= 15 is 0 Å². The highest BCUT2D eigenvalue weighted by Crippen LogP contribution is 2.41. The van der Waals surface area contributed by atoms with Crippen molar-refractivity contribution in [3.63, 3.8) is 0 Å². The van der Waals surface area contributed by atoms with Crippen molar-refractivity contribution >= 4 is 5.97 Å². The van der Waals surface area contributed by atoms with E-state index in [4.69, 9.17) is 4.74 Å². The number of carbonyl (C=O) groups excluding carboxylic acids is 1. The molecule has 1 aliphatic carbocycles. The number of alkyl halides is 3. The maximum atomic E-state index is 12.3. The predicted octanol–water partition coefficient (Wildman–Crippen LogP) is 2.50. The molecule has 0 aliphatic heterocycles. The number of esters is 1. The van der Waals surface area contributed by atoms with Gasteiger partial charge in [-0.2, -0.15) is 18.3 Å². The van der Waals surface area contributed by atoms with Crippen LogP contribution in [-0.2, 0) is 11.3 Å². The summed E-state index contributed by atoms with van der Waals surface area (Å²) in [5.74, 6) is -0.508. The Morgan fingerprint density at radius 3 is 2.72 bits per heavy atom. The average Bonchev–Trinajstić information content (AvgIpc) is 2.99. The SMILES string of the molecule is CCOC(=O)c1cn(CC(F)(F)F)nc1C1CC1. The molecule has 18 heavy (non-hydrogen) atoms. The number of halogens is 3. The Kier molecular flexibility index (Phi) is 3.32. The summed E-state index contributed by atoms with van der Waals surface area (Å²) in [5, 5.41) is 3.86. The molecule has 4 nitrogen and oxygen atoms in total. The molecule has 7 heteroatoms. The van der Waals surface area contributed by atoms with Crippen molar-refractivity contribution in [2.24, 2.45) is 0 Å². The lowest BCUT2D eigenvalue weighted by molar-refractivity contribution is -0.142. The van der Waals surface area contributed by atoms with Gasteiger partial charge in [0.1, 0.15) is 12.1 Å². The predicted molar refractivity (Wildman–Crippen MR) is 56.2 cm³/mol. The summed E-state index contributed by atoms with van der Waals surface area (Å²) in [5.41, 5.74) is 0.585. The van der Waals surface area contributed by atoms with E-state index in [-0.39, 0.29) is 18.1 Å². The zero-order valence-electron chi connectivity index (χ0n) is 9.83. The van der Waals surface area contributed by atoms with Crippen LogP contribution in [0.5, 0.6) is 0 Å². The molecular formula is C11H13F3N2O2. The van der Waals surface area contributed by atoms with Crippen LogP contribution in [0.15, 0.2) is 6.20 Å². The summed E-state index contributed by atoms with van der Waals surface area (Å²) in [6.07, 6.45) is -1.51. The van der Waals surface area contributed by atoms with E-state index in [1.54, 1.807) is 6.92 Å². The van der Waals surface area contributed by atoms with Crippen molar-refractivity contribution in [1.82, 2.24) is 9.78 Å². The van der Waals surface area contributed by atoms with Crippen LogP contribution in [0.1, 0.15) is 41.7 Å². The zero-order valence-corrected chi connectivity index (χ0v) is 9.83. The van der Waals surface area contributed by atoms with Crippen LogP contribution in [0.25, 0.3) is 0 Å². The van der Waals surface area contributed by atoms with Crippen molar-refractivity contribution in [3.05, 3.63) is 17.5 Å². The Balaban J connectivity index is 2.24. The van der Waals surface area contributed by atoms with Crippen molar-refractivity contribution in [2.75, 3.05) is 6.61 Å². The van der Waals surface area contributed by atoms with Gasteiger partial charge in [-0.1, -0.05) is 0 Å². The van der Waals surface area contributed by atoms with E-state index in [1.807, 2.05) is 0 Å². The highest BCUT2D eigenvalue weighted by molar-refractivity contribution is 5.90. The van der Waals surface area contributed by atoms with Gasteiger partial charge in [-0.05, 0) is 19.8 Å². The Morgan fingerprint density at radius 1 is 1.56 bits per heavy atom. The molecule has 1 fully saturated rings. The Bertz CT molecular complexity index is 450. The number of hydrogen-bond acceptors (Lipinski definition) is 3. The molecule has 2 rings (SSSR count). The Morgan fingerprint density at radius 2 is 2.22 bits per heavy atom. The fourth-order valence-corrected chi connectivity index (χ4v) is 1.73. The van der Waals surface area contributed by atoms with Crippen molar-refractivity contribution in [3.8, 4) is 0 Å². The molecule has 0 unspecified atom stereocenters. The zero-order chi connectivity index (χ0) is 13.3. The van der Waals surface area contributed by atoms with Gasteiger partial charge in [0.15, 0.2) is 0 Å². The molecule has 1 aromatic rings. The second-order valence-electron chi connectivity index (χ2n) is 4.24. The molecule has 0 radical (unpaired) electrons. The standard InChI is InChI=1S/C11H13F3N2O2/c1-2-18-10(17)8-5-16(6-11(12,13)14)15-9(8)7-3-4-7/h5,7H,2-4,6H2,1H3. The summed E-state index contributed by atoms with van der Waals surface area (Å²) < 4.78 is 42.4. The molecule has 1 aliphatic rings. The second-order valence-corrected chi connectivity index (χ2v) is 4.24. The van der Waals surface area contributed by atoms with Gasteiger partial charge in [0, 0.05) is 12.1 Å². The summed E-state index contributed by atoms with van der Waals surface area (Å²) in [6.45, 7) is 0.647. The van der Waals surface area contributed by atoms with Gasteiger partial charge in [0.05, 0.1) is 12.3 Å². The van der Waals surface area contributed by atoms with Crippen LogP contribution in [0.2, 0.25) is 0 Å². The topological polar surface area (TPSA) is 44.1 Å². The largest absolute Gasteiger partial charge is 0.462 e. The summed E-state index contributed by atoms with van der Waals surface area (Å²) in [7, 11) is 0. The van der Waals surface area contributed by atoms with E-state index in [0.29, 0.717) is 5.69 Å². The highest BCUT2D eigenvalue weighted by Gasteiger charge is 2.34. The molecule has 0 spiro atoms. The first-order valence-electron chi connectivity index (χ1n) is 5.72. The van der Waals surface area contributed by atoms with Crippen molar-refractivity contribution in [2.45, 2.75) is 38.4 Å². The maximum absolute atomic E-state index is 12.3. The van der Waals surface area contributed by atoms with Crippen molar-refractivity contribution in [1.29, 1.82) is 0 Å². The van der Waals surface area contributed by atoms with Gasteiger partial charge in [-0.15, -0.1) is 0 Å². The molecule has 0 bridgehead atoms. The van der Waals surface area contributed by atoms with Gasteiger partial charge in [-0.25, -0.2) is 4.79 Å². The molecule has 100 valence electrons. The lowest BCUT2D eigenvalue weighted by atomic mass is 10.2. The van der Waals surface area contributed by atoms with Gasteiger partial charge in [0.2, 0.25) is 0 Å². The van der Waals surface area contributed by atoms with E-state index < -0.39 is 18.7 Å². The Labute approximate surface area is 102 Å². The van der Waals surface area contributed by atoms with Crippen LogP contribution < -0.4 is 0 Å². The minimum atomic E-state index is -4.35. The van der Waals surface area contributed by atoms with E-state index in [2.05, 4.69) is 5.10 Å². The van der Waals surface area contributed by atoms with Crippen LogP contribution >= 0.6 is 0 Å². The molecule has 1 heterocycles. The molecule has 1 aromatic heterocycles. The smallest absolute Gasteiger partial charge is 0.408 e. The maximum Gasteiger partial charge on any atom is 0.408 e. The number of aromatic nitrogens is 2. The lowest BCUT2D eigenvalue weighted by Crippen LogP contribution is -2.18. The van der Waals surface area contributed by atoms with Crippen molar-refractivity contribution < 1.29 is 22.7 Å². The van der Waals surface area contributed by atoms with Gasteiger partial charge < -0.3 is 4.74 Å². The molecule has 0 amide bonds. The fourth-order valence-electron chi connectivity index (χ4n) is 1.73. The monoisotopic (exact) mass is 262 g/mol. The molecule has 0 saturated heterocycles. The minimum Gasteiger partial charge on any atom is -0.462 e. The normalized spacial score (nSPS) is 15.8. The summed E-state index contributed by atoms with van der Waals surface area (Å²) in [6, 6.07) is 0. The molecule has 0 aromatic carbocycles. The van der Waals surface area contributed by atoms with Gasteiger partial charge >= 0.3 is 12.1 Å². The van der Waals surface area contributed by atoms with E-state index in [9.17, 15) is 18.0 Å². The number of nitrogens with zero attached hydrogens (tertiary/aromatic N) is 2. The Hall–Kier alpha value is -1.53. The van der Waals surface area contributed by atoms with E-state index in [1.165, 1.54) is 0 Å². The third-order valence-electron chi connectivity index (χ3n) is 2.59. The molecular weight excluding hydrogens is 249 g/mol. The average molecular weight is 262 g/mol. The van der Waals surface area contributed by atoms with Crippen LogP contribution in [0.4, 0.5) is 13.2 Å². The quantitative estimate of drug-likeness (QED) is 0.783. The second kappa shape index (κ2) is 4.62. The van der Waals surface area contributed by atoms with Crippen LogP contribution in [-0.4, -0.2) is 28.5 Å². The third kappa shape index (κ3) is 3.02. The molecule has 0 N–H and O–H groups in total. The third-order valence-corrected chi connectivity index (χ3v) is 2.59. The fraction of sp³-hybridized carbons (Fsp3) is 0.636. The minimum absolute atomic E-state index is 0.0962. The summed E-state index contributed by atoms with van der Waals surface area (Å²) >= 11 is 0. The number of rotatable bonds is 4. The molecule has 0 atom stereocenters. The first-order valence-corrected chi connectivity index (χ1v) is 5.72. The molecule has 1 saturated carbocycles. The summed E-state index contributed by atoms with van der Waals surface area (Å²) in [4.78, 5) is 11.6. The van der Waals surface area contributed by atoms with E-state index in [0.717, 1.165) is 23.7 Å². The lowest BCUT2D eigenvalue weighted by Gasteiger charge is -2.05. The number of carbonyl (C=O) groups is 1. The highest BCUT2D eigenvalue weighted by atomic mass is 19.4. The van der Waals surface area contributed by atoms with Crippen LogP contribution in [0, 0.1) is 0 Å². The number of ether oxygens (including phenoxy) is 1. The van der Waals surface area contributed by atoms with Gasteiger partial charge in [0.25, 0.3) is 0 Å². The van der Waals surface area contributed by atoms with Gasteiger partial charge in [-0.3, -0.25) is 4.68 Å². The van der Waals surface area contributed by atoms with Crippen LogP contribution in [0.3, 0.4) is 0 Å². The first kappa shape index (κ1) is 12.9. The number of hydrogen-bond donors (Lipinski definition) is 0. The first-order chi connectivity index (χ1) is 8.40.